The highest BCUT2D eigenvalue weighted by Gasteiger charge is 2.21. The minimum absolute atomic E-state index is 0.0226. The summed E-state index contributed by atoms with van der Waals surface area (Å²) in [6.45, 7) is 7.55. The summed E-state index contributed by atoms with van der Waals surface area (Å²) >= 11 is 2.95. The first kappa shape index (κ1) is 12.1. The molecule has 0 aromatic carbocycles. The lowest BCUT2D eigenvalue weighted by Gasteiger charge is -2.23. The highest BCUT2D eigenvalue weighted by molar-refractivity contribution is 9.10. The lowest BCUT2D eigenvalue weighted by atomic mass is 10.4. The molecule has 0 saturated carbocycles. The Morgan fingerprint density at radius 3 is 2.33 bits per heavy atom. The lowest BCUT2D eigenvalue weighted by molar-refractivity contribution is 0.386. The van der Waals surface area contributed by atoms with Crippen LogP contribution in [0.25, 0.3) is 0 Å². The molecule has 0 N–H and O–H groups in total. The molecule has 0 rings (SSSR count). The van der Waals surface area contributed by atoms with Crippen LogP contribution in [-0.4, -0.2) is 30.0 Å². The largest absolute Gasteiger partial charge is 0.224 e. The SMILES string of the molecule is C=CCN(C(C)C)S(=O)(=O)CBr. The van der Waals surface area contributed by atoms with E-state index in [9.17, 15) is 8.42 Å². The van der Waals surface area contributed by atoms with Crippen LogP contribution in [0, 0.1) is 0 Å². The van der Waals surface area contributed by atoms with Gasteiger partial charge in [0, 0.05) is 12.6 Å². The van der Waals surface area contributed by atoms with E-state index in [2.05, 4.69) is 22.5 Å². The van der Waals surface area contributed by atoms with Crippen LogP contribution in [0.5, 0.6) is 0 Å². The Morgan fingerprint density at radius 2 is 2.08 bits per heavy atom. The summed E-state index contributed by atoms with van der Waals surface area (Å²) in [7, 11) is -3.14. The Hall–Kier alpha value is 0.130. The third kappa shape index (κ3) is 3.25. The molecule has 0 atom stereocenters. The van der Waals surface area contributed by atoms with Crippen molar-refractivity contribution in [3.8, 4) is 0 Å². The maximum Gasteiger partial charge on any atom is 0.224 e. The molecule has 0 aliphatic heterocycles. The smallest absolute Gasteiger partial charge is 0.211 e. The molecule has 0 aromatic rings. The fourth-order valence-corrected chi connectivity index (χ4v) is 2.72. The van der Waals surface area contributed by atoms with E-state index in [0.29, 0.717) is 6.54 Å². The van der Waals surface area contributed by atoms with Gasteiger partial charge in [-0.1, -0.05) is 22.0 Å². The van der Waals surface area contributed by atoms with E-state index < -0.39 is 10.0 Å². The van der Waals surface area contributed by atoms with Crippen LogP contribution in [-0.2, 0) is 10.0 Å². The van der Waals surface area contributed by atoms with Gasteiger partial charge in [0.25, 0.3) is 0 Å². The standard InChI is InChI=1S/C7H14BrNO2S/c1-4-5-9(7(2)3)12(10,11)6-8/h4,7H,1,5-6H2,2-3H3. The van der Waals surface area contributed by atoms with Gasteiger partial charge >= 0.3 is 0 Å². The maximum atomic E-state index is 11.4. The molecule has 72 valence electrons. The summed E-state index contributed by atoms with van der Waals surface area (Å²) in [5.74, 6) is 0. The minimum atomic E-state index is -3.14. The first-order chi connectivity index (χ1) is 5.45. The molecular formula is C7H14BrNO2S. The van der Waals surface area contributed by atoms with Crippen molar-refractivity contribution in [2.75, 3.05) is 11.2 Å². The van der Waals surface area contributed by atoms with Crippen molar-refractivity contribution in [3.05, 3.63) is 12.7 Å². The van der Waals surface area contributed by atoms with Crippen molar-refractivity contribution in [1.29, 1.82) is 0 Å². The molecule has 12 heavy (non-hydrogen) atoms. The summed E-state index contributed by atoms with van der Waals surface area (Å²) in [5, 5.41) is 0. The van der Waals surface area contributed by atoms with Crippen LogP contribution in [0.2, 0.25) is 0 Å². The van der Waals surface area contributed by atoms with Crippen molar-refractivity contribution < 1.29 is 8.42 Å². The minimum Gasteiger partial charge on any atom is -0.211 e. The molecule has 0 aliphatic carbocycles. The maximum absolute atomic E-state index is 11.4. The molecule has 0 unspecified atom stereocenters. The molecule has 5 heteroatoms. The Balaban J connectivity index is 4.62. The van der Waals surface area contributed by atoms with Gasteiger partial charge in [-0.3, -0.25) is 0 Å². The number of hydrogen-bond acceptors (Lipinski definition) is 2. The van der Waals surface area contributed by atoms with E-state index in [1.165, 1.54) is 4.31 Å². The zero-order valence-electron chi connectivity index (χ0n) is 7.33. The van der Waals surface area contributed by atoms with Gasteiger partial charge < -0.3 is 0 Å². The average Bonchev–Trinajstić information content (AvgIpc) is 1.99. The van der Waals surface area contributed by atoms with E-state index in [-0.39, 0.29) is 10.7 Å². The van der Waals surface area contributed by atoms with Gasteiger partial charge in [-0.25, -0.2) is 8.42 Å². The fraction of sp³-hybridized carbons (Fsp3) is 0.714. The van der Waals surface area contributed by atoms with Gasteiger partial charge in [0.1, 0.15) is 4.66 Å². The molecule has 0 fully saturated rings. The van der Waals surface area contributed by atoms with Gasteiger partial charge in [0.15, 0.2) is 0 Å². The molecule has 0 spiro atoms. The van der Waals surface area contributed by atoms with Crippen molar-refractivity contribution in [1.82, 2.24) is 4.31 Å². The summed E-state index contributed by atoms with van der Waals surface area (Å²) in [6, 6.07) is -0.0226. The number of nitrogens with zero attached hydrogens (tertiary/aromatic N) is 1. The van der Waals surface area contributed by atoms with Gasteiger partial charge in [0.2, 0.25) is 10.0 Å². The van der Waals surface area contributed by atoms with Crippen molar-refractivity contribution >= 4 is 26.0 Å². The summed E-state index contributed by atoms with van der Waals surface area (Å²) < 4.78 is 24.1. The highest BCUT2D eigenvalue weighted by Crippen LogP contribution is 2.09. The van der Waals surface area contributed by atoms with Crippen molar-refractivity contribution in [2.24, 2.45) is 0 Å². The summed E-state index contributed by atoms with van der Waals surface area (Å²) in [6.07, 6.45) is 1.58. The Morgan fingerprint density at radius 1 is 1.58 bits per heavy atom. The second-order valence-electron chi connectivity index (χ2n) is 2.67. The van der Waals surface area contributed by atoms with Crippen LogP contribution in [0.1, 0.15) is 13.8 Å². The lowest BCUT2D eigenvalue weighted by Crippen LogP contribution is -2.37. The zero-order chi connectivity index (χ0) is 9.78. The zero-order valence-corrected chi connectivity index (χ0v) is 9.73. The summed E-state index contributed by atoms with van der Waals surface area (Å²) in [5.41, 5.74) is 0. The van der Waals surface area contributed by atoms with E-state index in [0.717, 1.165) is 0 Å². The Kier molecular flexibility index (Phi) is 5.04. The van der Waals surface area contributed by atoms with Gasteiger partial charge in [-0.2, -0.15) is 4.31 Å². The van der Waals surface area contributed by atoms with E-state index in [4.69, 9.17) is 0 Å². The predicted molar refractivity (Wildman–Crippen MR) is 54.8 cm³/mol. The third-order valence-corrected chi connectivity index (χ3v) is 4.68. The molecule has 0 heterocycles. The van der Waals surface area contributed by atoms with Crippen LogP contribution in [0.4, 0.5) is 0 Å². The molecule has 0 aliphatic rings. The van der Waals surface area contributed by atoms with E-state index in [1.807, 2.05) is 13.8 Å². The quantitative estimate of drug-likeness (QED) is 0.553. The van der Waals surface area contributed by atoms with Gasteiger partial charge in [0.05, 0.1) is 0 Å². The monoisotopic (exact) mass is 255 g/mol. The number of rotatable bonds is 5. The van der Waals surface area contributed by atoms with Crippen LogP contribution in [0.3, 0.4) is 0 Å². The molecule has 0 radical (unpaired) electrons. The van der Waals surface area contributed by atoms with Crippen LogP contribution < -0.4 is 0 Å². The fourth-order valence-electron chi connectivity index (χ4n) is 0.836. The predicted octanol–water partition coefficient (Wildman–Crippen LogP) is 1.56. The first-order valence-corrected chi connectivity index (χ1v) is 6.35. The first-order valence-electron chi connectivity index (χ1n) is 3.62. The normalized spacial score (nSPS) is 12.4. The molecule has 0 bridgehead atoms. The average molecular weight is 256 g/mol. The van der Waals surface area contributed by atoms with Crippen molar-refractivity contribution in [3.63, 3.8) is 0 Å². The molecular weight excluding hydrogens is 242 g/mol. The van der Waals surface area contributed by atoms with Crippen LogP contribution >= 0.6 is 15.9 Å². The second-order valence-corrected chi connectivity index (χ2v) is 5.90. The number of halogens is 1. The Labute approximate surface area is 82.6 Å². The number of hydrogen-bond donors (Lipinski definition) is 0. The van der Waals surface area contributed by atoms with E-state index >= 15 is 0 Å². The molecule has 0 aromatic heterocycles. The molecule has 3 nitrogen and oxygen atoms in total. The third-order valence-electron chi connectivity index (χ3n) is 1.38. The van der Waals surface area contributed by atoms with Gasteiger partial charge in [-0.05, 0) is 13.8 Å². The number of sulfonamides is 1. The highest BCUT2D eigenvalue weighted by atomic mass is 79.9. The number of alkyl halides is 1. The Bertz CT molecular complexity index is 236. The molecule has 0 amide bonds. The second kappa shape index (κ2) is 4.99. The van der Waals surface area contributed by atoms with Crippen molar-refractivity contribution in [2.45, 2.75) is 19.9 Å². The summed E-state index contributed by atoms with van der Waals surface area (Å²) in [4.78, 5) is 0. The molecule has 0 saturated heterocycles. The van der Waals surface area contributed by atoms with E-state index in [1.54, 1.807) is 6.08 Å². The van der Waals surface area contributed by atoms with Crippen LogP contribution in [0.15, 0.2) is 12.7 Å². The van der Waals surface area contributed by atoms with Gasteiger partial charge in [-0.15, -0.1) is 6.58 Å². The topological polar surface area (TPSA) is 37.4 Å².